The Bertz CT molecular complexity index is 207. The lowest BCUT2D eigenvalue weighted by atomic mass is 9.94. The summed E-state index contributed by atoms with van der Waals surface area (Å²) in [6.45, 7) is 4.86. The third kappa shape index (κ3) is 7.82. The van der Waals surface area contributed by atoms with Gasteiger partial charge in [0.1, 0.15) is 0 Å². The van der Waals surface area contributed by atoms with E-state index in [0.717, 1.165) is 18.9 Å². The van der Waals surface area contributed by atoms with Gasteiger partial charge in [0.2, 0.25) is 5.91 Å². The Balaban J connectivity index is 0. The third-order valence-corrected chi connectivity index (χ3v) is 3.10. The average molecular weight is 286 g/mol. The van der Waals surface area contributed by atoms with Crippen molar-refractivity contribution in [3.63, 3.8) is 0 Å². The summed E-state index contributed by atoms with van der Waals surface area (Å²) in [6, 6.07) is -0.387. The number of halogens is 2. The average Bonchev–Trinajstić information content (AvgIpc) is 2.20. The van der Waals surface area contributed by atoms with Crippen molar-refractivity contribution in [3.8, 4) is 0 Å². The normalized spacial score (nSPS) is 18.8. The first-order chi connectivity index (χ1) is 7.09. The van der Waals surface area contributed by atoms with Gasteiger partial charge in [0.15, 0.2) is 0 Å². The molecule has 0 aromatic heterocycles. The van der Waals surface area contributed by atoms with Crippen molar-refractivity contribution in [2.75, 3.05) is 26.7 Å². The highest BCUT2D eigenvalue weighted by Gasteiger charge is 2.16. The molecule has 1 aliphatic rings. The minimum absolute atomic E-state index is 0. The smallest absolute Gasteiger partial charge is 0.236 e. The number of rotatable bonds is 4. The summed E-state index contributed by atoms with van der Waals surface area (Å²) < 4.78 is 0. The maximum atomic E-state index is 11.2. The topological polar surface area (TPSA) is 58.4 Å². The number of nitrogens with one attached hydrogen (secondary N) is 1. The Labute approximate surface area is 117 Å². The molecule has 0 saturated carbocycles. The second-order valence-corrected chi connectivity index (χ2v) is 4.62. The maximum Gasteiger partial charge on any atom is 0.236 e. The van der Waals surface area contributed by atoms with E-state index in [9.17, 15) is 4.79 Å². The highest BCUT2D eigenvalue weighted by molar-refractivity contribution is 5.85. The number of carbonyl (C=O) groups excluding carboxylic acids is 1. The lowest BCUT2D eigenvalue weighted by Gasteiger charge is -2.28. The zero-order valence-electron chi connectivity index (χ0n) is 10.6. The van der Waals surface area contributed by atoms with Crippen molar-refractivity contribution in [3.05, 3.63) is 0 Å². The molecule has 17 heavy (non-hydrogen) atoms. The highest BCUT2D eigenvalue weighted by Crippen LogP contribution is 2.18. The van der Waals surface area contributed by atoms with Crippen LogP contribution >= 0.6 is 24.8 Å². The zero-order valence-corrected chi connectivity index (χ0v) is 12.3. The van der Waals surface area contributed by atoms with Crippen molar-refractivity contribution in [2.24, 2.45) is 11.7 Å². The van der Waals surface area contributed by atoms with E-state index in [1.807, 2.05) is 0 Å². The largest absolute Gasteiger partial charge is 0.355 e. The van der Waals surface area contributed by atoms with Gasteiger partial charge in [-0.25, -0.2) is 0 Å². The fraction of sp³-hybridized carbons (Fsp3) is 0.909. The first-order valence-corrected chi connectivity index (χ1v) is 5.81. The Morgan fingerprint density at radius 3 is 2.41 bits per heavy atom. The van der Waals surface area contributed by atoms with E-state index in [1.165, 1.54) is 25.9 Å². The van der Waals surface area contributed by atoms with Gasteiger partial charge in [-0.3, -0.25) is 4.79 Å². The fourth-order valence-corrected chi connectivity index (χ4v) is 1.91. The van der Waals surface area contributed by atoms with Crippen molar-refractivity contribution in [1.29, 1.82) is 0 Å². The standard InChI is InChI=1S/C11H23N3O.2ClH/c1-9(12)11(15)13-6-3-10-4-7-14(2)8-5-10;;/h9-10H,3-8,12H2,1-2H3,(H,13,15);2*1H/t9-;;/m1../s1. The van der Waals surface area contributed by atoms with E-state index in [0.29, 0.717) is 0 Å². The Kier molecular flexibility index (Phi) is 11.3. The molecule has 1 saturated heterocycles. The molecule has 0 bridgehead atoms. The van der Waals surface area contributed by atoms with Crippen LogP contribution < -0.4 is 11.1 Å². The molecule has 0 aromatic carbocycles. The number of nitrogens with two attached hydrogens (primary N) is 1. The summed E-state index contributed by atoms with van der Waals surface area (Å²) >= 11 is 0. The van der Waals surface area contributed by atoms with Gasteiger partial charge in [-0.1, -0.05) is 0 Å². The molecule has 0 aliphatic carbocycles. The van der Waals surface area contributed by atoms with E-state index in [-0.39, 0.29) is 36.8 Å². The predicted octanol–water partition coefficient (Wildman–Crippen LogP) is 1.03. The number of hydrogen-bond acceptors (Lipinski definition) is 3. The minimum Gasteiger partial charge on any atom is -0.355 e. The number of piperidine rings is 1. The molecule has 6 heteroatoms. The Morgan fingerprint density at radius 1 is 1.41 bits per heavy atom. The van der Waals surface area contributed by atoms with Gasteiger partial charge in [0.25, 0.3) is 0 Å². The molecular weight excluding hydrogens is 261 g/mol. The van der Waals surface area contributed by atoms with Gasteiger partial charge in [-0.05, 0) is 52.2 Å². The molecule has 1 rings (SSSR count). The lowest BCUT2D eigenvalue weighted by Crippen LogP contribution is -2.39. The first kappa shape index (κ1) is 19.3. The lowest BCUT2D eigenvalue weighted by molar-refractivity contribution is -0.122. The summed E-state index contributed by atoms with van der Waals surface area (Å²) in [5.41, 5.74) is 5.45. The fourth-order valence-electron chi connectivity index (χ4n) is 1.91. The molecular formula is C11H25Cl2N3O. The van der Waals surface area contributed by atoms with Crippen molar-refractivity contribution in [2.45, 2.75) is 32.2 Å². The third-order valence-electron chi connectivity index (χ3n) is 3.10. The van der Waals surface area contributed by atoms with Gasteiger partial charge in [0, 0.05) is 6.54 Å². The van der Waals surface area contributed by atoms with E-state index < -0.39 is 0 Å². The number of hydrogen-bond donors (Lipinski definition) is 2. The van der Waals surface area contributed by atoms with Crippen LogP contribution in [0.1, 0.15) is 26.2 Å². The van der Waals surface area contributed by atoms with Crippen LogP contribution in [-0.2, 0) is 4.79 Å². The van der Waals surface area contributed by atoms with Gasteiger partial charge < -0.3 is 16.0 Å². The molecule has 0 spiro atoms. The highest BCUT2D eigenvalue weighted by atomic mass is 35.5. The van der Waals surface area contributed by atoms with Crippen LogP contribution in [0.3, 0.4) is 0 Å². The molecule has 3 N–H and O–H groups in total. The molecule has 1 fully saturated rings. The number of likely N-dealkylation sites (tertiary alicyclic amines) is 1. The SMILES string of the molecule is C[C@@H](N)C(=O)NCCC1CCN(C)CC1.Cl.Cl. The first-order valence-electron chi connectivity index (χ1n) is 5.81. The van der Waals surface area contributed by atoms with Crippen molar-refractivity contribution in [1.82, 2.24) is 10.2 Å². The van der Waals surface area contributed by atoms with E-state index in [2.05, 4.69) is 17.3 Å². The summed E-state index contributed by atoms with van der Waals surface area (Å²) in [4.78, 5) is 13.6. The number of amides is 1. The molecule has 4 nitrogen and oxygen atoms in total. The van der Waals surface area contributed by atoms with Crippen LogP contribution in [0.15, 0.2) is 0 Å². The number of carbonyl (C=O) groups is 1. The number of nitrogens with zero attached hydrogens (tertiary/aromatic N) is 1. The summed E-state index contributed by atoms with van der Waals surface area (Å²) in [5.74, 6) is 0.734. The summed E-state index contributed by atoms with van der Waals surface area (Å²) in [5, 5.41) is 2.86. The second kappa shape index (κ2) is 9.95. The van der Waals surface area contributed by atoms with Crippen LogP contribution in [0.5, 0.6) is 0 Å². The van der Waals surface area contributed by atoms with Crippen LogP contribution in [0.2, 0.25) is 0 Å². The van der Waals surface area contributed by atoms with Crippen molar-refractivity contribution < 1.29 is 4.79 Å². The zero-order chi connectivity index (χ0) is 11.3. The molecule has 1 heterocycles. The molecule has 1 amide bonds. The second-order valence-electron chi connectivity index (χ2n) is 4.62. The molecule has 0 unspecified atom stereocenters. The monoisotopic (exact) mass is 285 g/mol. The van der Waals surface area contributed by atoms with Gasteiger partial charge in [-0.15, -0.1) is 24.8 Å². The van der Waals surface area contributed by atoms with Gasteiger partial charge in [0.05, 0.1) is 6.04 Å². The minimum atomic E-state index is -0.387. The molecule has 1 atom stereocenters. The van der Waals surface area contributed by atoms with Gasteiger partial charge in [-0.2, -0.15) is 0 Å². The van der Waals surface area contributed by atoms with Crippen LogP contribution in [0.25, 0.3) is 0 Å². The maximum absolute atomic E-state index is 11.2. The van der Waals surface area contributed by atoms with Crippen LogP contribution in [0.4, 0.5) is 0 Å². The van der Waals surface area contributed by atoms with Gasteiger partial charge >= 0.3 is 0 Å². The Morgan fingerprint density at radius 2 is 1.94 bits per heavy atom. The molecule has 0 aromatic rings. The molecule has 104 valence electrons. The molecule has 1 aliphatic heterocycles. The quantitative estimate of drug-likeness (QED) is 0.811. The van der Waals surface area contributed by atoms with Crippen LogP contribution in [-0.4, -0.2) is 43.5 Å². The molecule has 0 radical (unpaired) electrons. The predicted molar refractivity (Wildman–Crippen MR) is 76.0 cm³/mol. The summed E-state index contributed by atoms with van der Waals surface area (Å²) in [6.07, 6.45) is 3.60. The van der Waals surface area contributed by atoms with Crippen LogP contribution in [0, 0.1) is 5.92 Å². The van der Waals surface area contributed by atoms with Crippen molar-refractivity contribution >= 4 is 30.7 Å². The van der Waals surface area contributed by atoms with E-state index in [4.69, 9.17) is 5.73 Å². The van der Waals surface area contributed by atoms with E-state index >= 15 is 0 Å². The van der Waals surface area contributed by atoms with E-state index in [1.54, 1.807) is 6.92 Å². The Hall–Kier alpha value is -0.0300. The summed E-state index contributed by atoms with van der Waals surface area (Å²) in [7, 11) is 2.16.